The van der Waals surface area contributed by atoms with E-state index in [9.17, 15) is 0 Å². The molecule has 2 heterocycles. The van der Waals surface area contributed by atoms with Gasteiger partial charge in [0, 0.05) is 9.75 Å². The Hall–Kier alpha value is 0.460. The fourth-order valence-corrected chi connectivity index (χ4v) is 4.41. The first-order valence-corrected chi connectivity index (χ1v) is 7.53. The molecule has 2 rings (SSSR count). The number of hydrogen-bond acceptors (Lipinski definition) is 2. The summed E-state index contributed by atoms with van der Waals surface area (Å²) in [7, 11) is 0. The molecule has 0 nitrogen and oxygen atoms in total. The van der Waals surface area contributed by atoms with Crippen LogP contribution < -0.4 is 0 Å². The second-order valence-electron chi connectivity index (χ2n) is 3.11. The molecule has 0 aliphatic carbocycles. The van der Waals surface area contributed by atoms with Gasteiger partial charge in [0.15, 0.2) is 0 Å². The predicted octanol–water partition coefficient (Wildman–Crippen LogP) is 5.91. The highest BCUT2D eigenvalue weighted by Crippen LogP contribution is 2.41. The SMILES string of the molecule is Cc1cc(C(Br)c2ccc(Cl)s2)sc1Cl. The molecule has 80 valence electrons. The Kier molecular flexibility index (Phi) is 3.79. The Morgan fingerprint density at radius 3 is 2.40 bits per heavy atom. The van der Waals surface area contributed by atoms with Crippen molar-refractivity contribution in [2.45, 2.75) is 11.8 Å². The summed E-state index contributed by atoms with van der Waals surface area (Å²) in [6, 6.07) is 6.06. The molecule has 1 atom stereocenters. The van der Waals surface area contributed by atoms with Gasteiger partial charge in [-0.2, -0.15) is 0 Å². The highest BCUT2D eigenvalue weighted by Gasteiger charge is 2.16. The van der Waals surface area contributed by atoms with Crippen molar-refractivity contribution in [1.82, 2.24) is 0 Å². The summed E-state index contributed by atoms with van der Waals surface area (Å²) < 4.78 is 1.67. The van der Waals surface area contributed by atoms with Crippen molar-refractivity contribution in [2.75, 3.05) is 0 Å². The standard InChI is InChI=1S/C10H7BrCl2S2/c1-5-4-7(15-10(5)13)9(11)6-2-3-8(12)14-6/h2-4,9H,1H3. The second-order valence-corrected chi connectivity index (χ2v) is 7.46. The van der Waals surface area contributed by atoms with Crippen molar-refractivity contribution in [3.8, 4) is 0 Å². The minimum atomic E-state index is 0.200. The summed E-state index contributed by atoms with van der Waals surface area (Å²) in [5, 5.41) is 0. The number of thiophene rings is 2. The van der Waals surface area contributed by atoms with E-state index < -0.39 is 0 Å². The monoisotopic (exact) mass is 340 g/mol. The van der Waals surface area contributed by atoms with Gasteiger partial charge in [0.2, 0.25) is 0 Å². The quantitative estimate of drug-likeness (QED) is 0.595. The molecule has 0 N–H and O–H groups in total. The molecule has 5 heteroatoms. The Balaban J connectivity index is 2.31. The van der Waals surface area contributed by atoms with Crippen LogP contribution in [0.5, 0.6) is 0 Å². The summed E-state index contributed by atoms with van der Waals surface area (Å²) in [5.74, 6) is 0. The van der Waals surface area contributed by atoms with E-state index in [2.05, 4.69) is 22.0 Å². The maximum absolute atomic E-state index is 6.04. The average Bonchev–Trinajstić information content (AvgIpc) is 2.74. The Morgan fingerprint density at radius 1 is 1.20 bits per heavy atom. The van der Waals surface area contributed by atoms with Crippen LogP contribution in [0.25, 0.3) is 0 Å². The van der Waals surface area contributed by atoms with Gasteiger partial charge in [-0.05, 0) is 30.7 Å². The van der Waals surface area contributed by atoms with Gasteiger partial charge in [-0.15, -0.1) is 22.7 Å². The van der Waals surface area contributed by atoms with Gasteiger partial charge in [0.05, 0.1) is 13.5 Å². The topological polar surface area (TPSA) is 0 Å². The largest absolute Gasteiger partial charge is 0.127 e. The summed E-state index contributed by atoms with van der Waals surface area (Å²) >= 11 is 18.8. The fraction of sp³-hybridized carbons (Fsp3) is 0.200. The van der Waals surface area contributed by atoms with E-state index >= 15 is 0 Å². The predicted molar refractivity (Wildman–Crippen MR) is 74.2 cm³/mol. The van der Waals surface area contributed by atoms with Gasteiger partial charge in [0.25, 0.3) is 0 Å². The van der Waals surface area contributed by atoms with Crippen molar-refractivity contribution < 1.29 is 0 Å². The molecule has 2 aromatic rings. The van der Waals surface area contributed by atoms with E-state index in [0.717, 1.165) is 14.2 Å². The lowest BCUT2D eigenvalue weighted by Gasteiger charge is -2.03. The first-order chi connectivity index (χ1) is 7.08. The first kappa shape index (κ1) is 11.9. The van der Waals surface area contributed by atoms with Crippen LogP contribution in [0, 0.1) is 6.92 Å². The molecule has 0 saturated heterocycles. The third kappa shape index (κ3) is 2.59. The maximum atomic E-state index is 6.04. The number of alkyl halides is 1. The van der Waals surface area contributed by atoms with E-state index in [1.807, 2.05) is 19.1 Å². The molecule has 0 saturated carbocycles. The summed E-state index contributed by atoms with van der Waals surface area (Å²) in [6.45, 7) is 2.02. The van der Waals surface area contributed by atoms with Crippen molar-refractivity contribution in [2.24, 2.45) is 0 Å². The van der Waals surface area contributed by atoms with Gasteiger partial charge in [-0.3, -0.25) is 0 Å². The smallest absolute Gasteiger partial charge is 0.0960 e. The molecule has 2 aromatic heterocycles. The van der Waals surface area contributed by atoms with Crippen LogP contribution in [-0.4, -0.2) is 0 Å². The third-order valence-electron chi connectivity index (χ3n) is 1.97. The van der Waals surface area contributed by atoms with Gasteiger partial charge in [0.1, 0.15) is 0 Å². The molecule has 0 amide bonds. The fourth-order valence-electron chi connectivity index (χ4n) is 1.21. The molecule has 15 heavy (non-hydrogen) atoms. The van der Waals surface area contributed by atoms with E-state index in [1.165, 1.54) is 9.75 Å². The molecule has 1 unspecified atom stereocenters. The second kappa shape index (κ2) is 4.76. The zero-order valence-corrected chi connectivity index (χ0v) is 12.5. The van der Waals surface area contributed by atoms with Gasteiger partial charge in [-0.1, -0.05) is 39.1 Å². The maximum Gasteiger partial charge on any atom is 0.0960 e. The molecular weight excluding hydrogens is 335 g/mol. The highest BCUT2D eigenvalue weighted by molar-refractivity contribution is 9.09. The summed E-state index contributed by atoms with van der Waals surface area (Å²) in [4.78, 5) is 2.63. The summed E-state index contributed by atoms with van der Waals surface area (Å²) in [5.41, 5.74) is 1.13. The summed E-state index contributed by atoms with van der Waals surface area (Å²) in [6.07, 6.45) is 0. The molecule has 0 aliphatic rings. The number of halogens is 3. The Labute approximate surface area is 115 Å². The molecule has 0 aromatic carbocycles. The van der Waals surface area contributed by atoms with Crippen LogP contribution in [-0.2, 0) is 0 Å². The van der Waals surface area contributed by atoms with Gasteiger partial charge in [-0.25, -0.2) is 0 Å². The lowest BCUT2D eigenvalue weighted by Crippen LogP contribution is -1.83. The molecule has 0 radical (unpaired) electrons. The number of hydrogen-bond donors (Lipinski definition) is 0. The average molecular weight is 342 g/mol. The van der Waals surface area contributed by atoms with Crippen LogP contribution in [0.4, 0.5) is 0 Å². The number of rotatable bonds is 2. The number of aryl methyl sites for hydroxylation is 1. The van der Waals surface area contributed by atoms with Crippen LogP contribution in [0.1, 0.15) is 20.1 Å². The lowest BCUT2D eigenvalue weighted by molar-refractivity contribution is 1.28. The Bertz CT molecular complexity index is 456. The van der Waals surface area contributed by atoms with Crippen LogP contribution in [0.3, 0.4) is 0 Å². The molecule has 0 spiro atoms. The van der Waals surface area contributed by atoms with Crippen molar-refractivity contribution in [3.05, 3.63) is 42.2 Å². The van der Waals surface area contributed by atoms with E-state index in [0.29, 0.717) is 0 Å². The van der Waals surface area contributed by atoms with E-state index in [-0.39, 0.29) is 4.83 Å². The Morgan fingerprint density at radius 2 is 1.93 bits per heavy atom. The van der Waals surface area contributed by atoms with E-state index in [1.54, 1.807) is 22.7 Å². The third-order valence-corrected chi connectivity index (χ3v) is 6.48. The van der Waals surface area contributed by atoms with Crippen molar-refractivity contribution >= 4 is 61.8 Å². The molecule has 0 aliphatic heterocycles. The minimum Gasteiger partial charge on any atom is -0.127 e. The normalized spacial score (nSPS) is 13.1. The lowest BCUT2D eigenvalue weighted by atomic mass is 10.2. The van der Waals surface area contributed by atoms with Crippen molar-refractivity contribution in [1.29, 1.82) is 0 Å². The molecule has 0 fully saturated rings. The zero-order valence-electron chi connectivity index (χ0n) is 7.76. The molecular formula is C10H7BrCl2S2. The van der Waals surface area contributed by atoms with Gasteiger partial charge < -0.3 is 0 Å². The zero-order chi connectivity index (χ0) is 11.0. The van der Waals surface area contributed by atoms with Crippen LogP contribution in [0.15, 0.2) is 18.2 Å². The first-order valence-electron chi connectivity index (χ1n) is 4.23. The van der Waals surface area contributed by atoms with Crippen LogP contribution >= 0.6 is 61.8 Å². The van der Waals surface area contributed by atoms with E-state index in [4.69, 9.17) is 23.2 Å². The van der Waals surface area contributed by atoms with Crippen molar-refractivity contribution in [3.63, 3.8) is 0 Å². The van der Waals surface area contributed by atoms with Gasteiger partial charge >= 0.3 is 0 Å². The van der Waals surface area contributed by atoms with Crippen LogP contribution in [0.2, 0.25) is 8.67 Å². The highest BCUT2D eigenvalue weighted by atomic mass is 79.9. The minimum absolute atomic E-state index is 0.200. The molecule has 0 bridgehead atoms.